The molecule has 446 valence electrons. The predicted octanol–water partition coefficient (Wildman–Crippen LogP) is 25.2. The van der Waals surface area contributed by atoms with Crippen LogP contribution in [0.4, 0.5) is 17.1 Å². The highest BCUT2D eigenvalue weighted by Crippen LogP contribution is 2.35. The lowest BCUT2D eigenvalue weighted by molar-refractivity contribution is 0.530. The van der Waals surface area contributed by atoms with Gasteiger partial charge in [-0.3, -0.25) is 15.0 Å². The van der Waals surface area contributed by atoms with E-state index in [1.54, 1.807) is 0 Å². The average Bonchev–Trinajstić information content (AvgIpc) is 3.48. The maximum absolute atomic E-state index is 4.84. The van der Waals surface area contributed by atoms with Crippen molar-refractivity contribution < 1.29 is 0 Å². The molecule has 0 atom stereocenters. The zero-order valence-corrected chi connectivity index (χ0v) is 52.5. The number of aliphatic imine (C=N–C) groups is 3. The van der Waals surface area contributed by atoms with Crippen molar-refractivity contribution >= 4 is 35.7 Å². The SMILES string of the molecule is CCCCCCCCCCCCCCCCCCN=Cc1ccc(N(c2ccc(C=NCCCCCCCCCCCCCCCCCC)cc2)c2ccc(C=NCCCCCCCCCCCCCCCCCC)cc2)cc1. The van der Waals surface area contributed by atoms with E-state index in [0.717, 1.165) is 53.4 Å². The summed E-state index contributed by atoms with van der Waals surface area (Å²) in [6.07, 6.45) is 73.2. The van der Waals surface area contributed by atoms with Gasteiger partial charge in [0.05, 0.1) is 0 Å². The summed E-state index contributed by atoms with van der Waals surface area (Å²) in [5.74, 6) is 0. The number of nitrogens with zero attached hydrogens (tertiary/aromatic N) is 4. The van der Waals surface area contributed by atoms with Crippen molar-refractivity contribution in [2.45, 2.75) is 329 Å². The van der Waals surface area contributed by atoms with Crippen LogP contribution in [0.2, 0.25) is 0 Å². The van der Waals surface area contributed by atoms with Crippen molar-refractivity contribution in [3.05, 3.63) is 89.5 Å². The van der Waals surface area contributed by atoms with Crippen molar-refractivity contribution in [3.63, 3.8) is 0 Å². The molecule has 0 spiro atoms. The first kappa shape index (κ1) is 69.7. The van der Waals surface area contributed by atoms with Gasteiger partial charge in [-0.2, -0.15) is 0 Å². The van der Waals surface area contributed by atoms with E-state index in [1.807, 2.05) is 0 Å². The van der Waals surface area contributed by atoms with E-state index in [4.69, 9.17) is 15.0 Å². The number of anilines is 3. The summed E-state index contributed by atoms with van der Waals surface area (Å²) in [4.78, 5) is 16.9. The Balaban J connectivity index is 1.40. The van der Waals surface area contributed by atoms with Crippen LogP contribution in [0.25, 0.3) is 0 Å². The molecular weight excluding hydrogens is 957 g/mol. The fraction of sp³-hybridized carbons (Fsp3) is 0.720. The Labute approximate surface area is 491 Å². The molecule has 0 heterocycles. The van der Waals surface area contributed by atoms with Crippen LogP contribution in [0.1, 0.15) is 346 Å². The third-order valence-corrected chi connectivity index (χ3v) is 16.6. The van der Waals surface area contributed by atoms with E-state index in [2.05, 4.69) is 117 Å². The predicted molar refractivity (Wildman–Crippen MR) is 357 cm³/mol. The van der Waals surface area contributed by atoms with Crippen LogP contribution in [0.3, 0.4) is 0 Å². The van der Waals surface area contributed by atoms with Crippen LogP contribution >= 0.6 is 0 Å². The molecule has 3 rings (SSSR count). The molecule has 0 radical (unpaired) electrons. The van der Waals surface area contributed by atoms with Gasteiger partial charge in [0.25, 0.3) is 0 Å². The first-order valence-corrected chi connectivity index (χ1v) is 34.8. The molecule has 0 N–H and O–H groups in total. The van der Waals surface area contributed by atoms with E-state index in [0.29, 0.717) is 0 Å². The van der Waals surface area contributed by atoms with Gasteiger partial charge in [0.1, 0.15) is 0 Å². The lowest BCUT2D eigenvalue weighted by atomic mass is 10.0. The Morgan fingerprint density at radius 1 is 0.215 bits per heavy atom. The molecular formula is C75H126N4. The van der Waals surface area contributed by atoms with E-state index >= 15 is 0 Å². The van der Waals surface area contributed by atoms with E-state index in [1.165, 1.54) is 308 Å². The van der Waals surface area contributed by atoms with Gasteiger partial charge in [0, 0.05) is 55.3 Å². The summed E-state index contributed by atoms with van der Waals surface area (Å²) < 4.78 is 0. The first-order chi connectivity index (χ1) is 39.2. The summed E-state index contributed by atoms with van der Waals surface area (Å²) in [5.41, 5.74) is 6.91. The fourth-order valence-electron chi connectivity index (χ4n) is 11.3. The molecule has 0 aromatic heterocycles. The van der Waals surface area contributed by atoms with Crippen LogP contribution in [0.15, 0.2) is 87.8 Å². The van der Waals surface area contributed by atoms with Crippen LogP contribution in [0, 0.1) is 0 Å². The molecule has 79 heavy (non-hydrogen) atoms. The van der Waals surface area contributed by atoms with E-state index in [-0.39, 0.29) is 0 Å². The molecule has 0 amide bonds. The minimum absolute atomic E-state index is 0.913. The molecule has 0 bridgehead atoms. The molecule has 0 unspecified atom stereocenters. The third-order valence-electron chi connectivity index (χ3n) is 16.6. The Morgan fingerprint density at radius 3 is 0.532 bits per heavy atom. The van der Waals surface area contributed by atoms with Crippen LogP contribution < -0.4 is 4.90 Å². The molecule has 0 aliphatic carbocycles. The zero-order chi connectivity index (χ0) is 55.8. The molecule has 0 aliphatic rings. The van der Waals surface area contributed by atoms with Crippen molar-refractivity contribution in [2.24, 2.45) is 15.0 Å². The Kier molecular flexibility index (Phi) is 47.5. The summed E-state index contributed by atoms with van der Waals surface area (Å²) in [7, 11) is 0. The number of benzene rings is 3. The van der Waals surface area contributed by atoms with Gasteiger partial charge in [0.15, 0.2) is 0 Å². The lowest BCUT2D eigenvalue weighted by Crippen LogP contribution is -2.10. The van der Waals surface area contributed by atoms with Gasteiger partial charge >= 0.3 is 0 Å². The molecule has 0 fully saturated rings. The fourth-order valence-corrected chi connectivity index (χ4v) is 11.3. The molecule has 3 aromatic carbocycles. The quantitative estimate of drug-likeness (QED) is 0.0410. The maximum atomic E-state index is 4.84. The Morgan fingerprint density at radius 2 is 0.367 bits per heavy atom. The largest absolute Gasteiger partial charge is 0.311 e. The topological polar surface area (TPSA) is 40.3 Å². The van der Waals surface area contributed by atoms with Crippen molar-refractivity contribution in [1.29, 1.82) is 0 Å². The molecule has 4 nitrogen and oxygen atoms in total. The van der Waals surface area contributed by atoms with Crippen LogP contribution in [-0.4, -0.2) is 38.3 Å². The minimum atomic E-state index is 0.913. The van der Waals surface area contributed by atoms with Gasteiger partial charge in [-0.05, 0) is 72.4 Å². The number of unbranched alkanes of at least 4 members (excludes halogenated alkanes) is 45. The summed E-state index contributed by atoms with van der Waals surface area (Å²) in [5, 5.41) is 0. The van der Waals surface area contributed by atoms with Gasteiger partial charge in [-0.15, -0.1) is 0 Å². The monoisotopic (exact) mass is 1080 g/mol. The standard InChI is InChI=1S/C75H126N4/c1-4-7-10-13-16-19-22-25-28-31-34-37-40-43-46-49-64-76-67-70-52-58-73(59-53-70)79(74-60-54-71(55-61-74)68-77-65-50-47-44-41-38-35-32-29-26-23-20-17-14-11-8-5-2)75-62-56-72(57-63-75)69-78-66-51-48-45-42-39-36-33-30-27-24-21-18-15-12-9-6-3/h52-63,67-69H,4-51,64-66H2,1-3H3. The molecule has 0 saturated carbocycles. The summed E-state index contributed by atoms with van der Waals surface area (Å²) in [6, 6.07) is 26.8. The van der Waals surface area contributed by atoms with Gasteiger partial charge in [0.2, 0.25) is 0 Å². The molecule has 0 aliphatic heterocycles. The van der Waals surface area contributed by atoms with Gasteiger partial charge in [-0.1, -0.05) is 346 Å². The number of hydrogen-bond acceptors (Lipinski definition) is 4. The normalized spacial score (nSPS) is 11.9. The van der Waals surface area contributed by atoms with Crippen molar-refractivity contribution in [2.75, 3.05) is 24.5 Å². The lowest BCUT2D eigenvalue weighted by Gasteiger charge is -2.25. The van der Waals surface area contributed by atoms with Gasteiger partial charge < -0.3 is 4.90 Å². The Bertz CT molecular complexity index is 1600. The average molecular weight is 1080 g/mol. The number of hydrogen-bond donors (Lipinski definition) is 0. The molecule has 0 saturated heterocycles. The third kappa shape index (κ3) is 40.3. The highest BCUT2D eigenvalue weighted by atomic mass is 15.1. The van der Waals surface area contributed by atoms with Crippen LogP contribution in [0.5, 0.6) is 0 Å². The van der Waals surface area contributed by atoms with E-state index in [9.17, 15) is 0 Å². The number of rotatable bonds is 57. The minimum Gasteiger partial charge on any atom is -0.311 e. The summed E-state index contributed by atoms with van der Waals surface area (Å²) >= 11 is 0. The Hall–Kier alpha value is -3.53. The van der Waals surface area contributed by atoms with Crippen molar-refractivity contribution in [1.82, 2.24) is 0 Å². The second kappa shape index (κ2) is 53.8. The smallest absolute Gasteiger partial charge is 0.0462 e. The van der Waals surface area contributed by atoms with E-state index < -0.39 is 0 Å². The highest BCUT2D eigenvalue weighted by Gasteiger charge is 2.13. The second-order valence-corrected chi connectivity index (χ2v) is 24.1. The highest BCUT2D eigenvalue weighted by molar-refractivity contribution is 5.86. The van der Waals surface area contributed by atoms with Gasteiger partial charge in [-0.25, -0.2) is 0 Å². The van der Waals surface area contributed by atoms with Crippen LogP contribution in [-0.2, 0) is 0 Å². The summed E-state index contributed by atoms with van der Waals surface area (Å²) in [6.45, 7) is 9.65. The maximum Gasteiger partial charge on any atom is 0.0462 e. The first-order valence-electron chi connectivity index (χ1n) is 34.8. The zero-order valence-electron chi connectivity index (χ0n) is 52.5. The molecule has 3 aromatic rings. The second-order valence-electron chi connectivity index (χ2n) is 24.1. The molecule has 4 heteroatoms. The van der Waals surface area contributed by atoms with Crippen molar-refractivity contribution in [3.8, 4) is 0 Å².